The number of nitrogens with one attached hydrogen (secondary N) is 1. The van der Waals surface area contributed by atoms with Gasteiger partial charge in [-0.05, 0) is 55.3 Å². The number of thiophene rings is 1. The summed E-state index contributed by atoms with van der Waals surface area (Å²) in [5.41, 5.74) is 2.70. The normalized spacial score (nSPS) is 11.5. The van der Waals surface area contributed by atoms with Gasteiger partial charge in [-0.1, -0.05) is 18.1 Å². The molecule has 3 heterocycles. The molecule has 0 aromatic carbocycles. The molecule has 122 valence electrons. The number of aryl methyl sites for hydroxylation is 1. The highest BCUT2D eigenvalue weighted by atomic mass is 32.1. The summed E-state index contributed by atoms with van der Waals surface area (Å²) in [5, 5.41) is 15.6. The third-order valence-corrected chi connectivity index (χ3v) is 4.68. The zero-order valence-electron chi connectivity index (χ0n) is 13.5. The minimum absolute atomic E-state index is 0.685. The van der Waals surface area contributed by atoms with E-state index < -0.39 is 0 Å². The van der Waals surface area contributed by atoms with E-state index in [2.05, 4.69) is 20.4 Å². The van der Waals surface area contributed by atoms with Crippen molar-refractivity contribution in [3.05, 3.63) is 59.1 Å². The number of oxime groups is 1. The molecule has 6 heteroatoms. The van der Waals surface area contributed by atoms with Gasteiger partial charge in [0, 0.05) is 6.20 Å². The van der Waals surface area contributed by atoms with Gasteiger partial charge in [-0.3, -0.25) is 0 Å². The second-order valence-corrected chi connectivity index (χ2v) is 6.40. The smallest absolute Gasteiger partial charge is 0.132 e. The predicted molar refractivity (Wildman–Crippen MR) is 98.4 cm³/mol. The first-order chi connectivity index (χ1) is 11.7. The SMILES string of the molecule is CCC(=NO)c1ccc(-c2cccc(Nc3cc(C)ccn3)n2)s1. The van der Waals surface area contributed by atoms with Crippen LogP contribution in [0.1, 0.15) is 23.8 Å². The lowest BCUT2D eigenvalue weighted by molar-refractivity contribution is 0.318. The Morgan fingerprint density at radius 1 is 1.21 bits per heavy atom. The third kappa shape index (κ3) is 3.60. The molecular formula is C18H18N4OS. The molecule has 5 nitrogen and oxygen atoms in total. The average molecular weight is 338 g/mol. The fourth-order valence-electron chi connectivity index (χ4n) is 2.30. The van der Waals surface area contributed by atoms with Crippen LogP contribution in [0.25, 0.3) is 10.6 Å². The Labute approximate surface area is 144 Å². The standard InChI is InChI=1S/C18H18N4OS/c1-3-13(22-23)15-7-8-16(24-15)14-5-4-6-17(20-14)21-18-11-12(2)9-10-19-18/h4-11,23H,3H2,1-2H3,(H,19,20,21). The molecule has 0 saturated heterocycles. The van der Waals surface area contributed by atoms with Crippen LogP contribution in [0.5, 0.6) is 0 Å². The molecule has 24 heavy (non-hydrogen) atoms. The summed E-state index contributed by atoms with van der Waals surface area (Å²) in [4.78, 5) is 10.9. The summed E-state index contributed by atoms with van der Waals surface area (Å²) >= 11 is 1.56. The zero-order chi connectivity index (χ0) is 16.9. The molecule has 0 saturated carbocycles. The van der Waals surface area contributed by atoms with Crippen molar-refractivity contribution in [2.45, 2.75) is 20.3 Å². The highest BCUT2D eigenvalue weighted by Gasteiger charge is 2.09. The van der Waals surface area contributed by atoms with Gasteiger partial charge >= 0.3 is 0 Å². The van der Waals surface area contributed by atoms with E-state index in [0.717, 1.165) is 32.6 Å². The topological polar surface area (TPSA) is 70.4 Å². The van der Waals surface area contributed by atoms with Gasteiger partial charge in [-0.25, -0.2) is 9.97 Å². The van der Waals surface area contributed by atoms with Gasteiger partial charge in [-0.15, -0.1) is 11.3 Å². The summed E-state index contributed by atoms with van der Waals surface area (Å²) in [6.07, 6.45) is 2.46. The first-order valence-electron chi connectivity index (χ1n) is 7.68. The fraction of sp³-hybridized carbons (Fsp3) is 0.167. The predicted octanol–water partition coefficient (Wildman–Crippen LogP) is 4.85. The van der Waals surface area contributed by atoms with Crippen molar-refractivity contribution in [2.24, 2.45) is 5.16 Å². The van der Waals surface area contributed by atoms with Crippen LogP contribution in [-0.4, -0.2) is 20.9 Å². The van der Waals surface area contributed by atoms with Crippen molar-refractivity contribution in [3.63, 3.8) is 0 Å². The zero-order valence-corrected chi connectivity index (χ0v) is 14.3. The van der Waals surface area contributed by atoms with E-state index in [1.54, 1.807) is 17.5 Å². The van der Waals surface area contributed by atoms with E-state index in [0.29, 0.717) is 12.1 Å². The largest absolute Gasteiger partial charge is 0.411 e. The Hall–Kier alpha value is -2.73. The van der Waals surface area contributed by atoms with E-state index in [1.807, 2.05) is 56.3 Å². The van der Waals surface area contributed by atoms with Gasteiger partial charge < -0.3 is 10.5 Å². The minimum Gasteiger partial charge on any atom is -0.411 e. The number of rotatable bonds is 5. The van der Waals surface area contributed by atoms with Gasteiger partial charge in [0.25, 0.3) is 0 Å². The van der Waals surface area contributed by atoms with Crippen molar-refractivity contribution in [1.82, 2.24) is 9.97 Å². The molecule has 0 aliphatic rings. The van der Waals surface area contributed by atoms with Gasteiger partial charge in [0.05, 0.1) is 21.2 Å². The van der Waals surface area contributed by atoms with Gasteiger partial charge in [-0.2, -0.15) is 0 Å². The first kappa shape index (κ1) is 16.1. The Bertz CT molecular complexity index is 873. The van der Waals surface area contributed by atoms with Gasteiger partial charge in [0.1, 0.15) is 11.6 Å². The first-order valence-corrected chi connectivity index (χ1v) is 8.49. The monoisotopic (exact) mass is 338 g/mol. The van der Waals surface area contributed by atoms with Crippen molar-refractivity contribution in [1.29, 1.82) is 0 Å². The molecule has 0 aliphatic heterocycles. The van der Waals surface area contributed by atoms with E-state index >= 15 is 0 Å². The number of aromatic nitrogens is 2. The molecule has 0 bridgehead atoms. The van der Waals surface area contributed by atoms with Crippen molar-refractivity contribution in [2.75, 3.05) is 5.32 Å². The Balaban J connectivity index is 1.85. The lowest BCUT2D eigenvalue weighted by atomic mass is 10.2. The molecule has 2 N–H and O–H groups in total. The van der Waals surface area contributed by atoms with Crippen LogP contribution in [0, 0.1) is 6.92 Å². The maximum atomic E-state index is 9.05. The fourth-order valence-corrected chi connectivity index (χ4v) is 3.33. The minimum atomic E-state index is 0.685. The van der Waals surface area contributed by atoms with Gasteiger partial charge in [0.15, 0.2) is 0 Å². The molecule has 0 radical (unpaired) electrons. The summed E-state index contributed by atoms with van der Waals surface area (Å²) < 4.78 is 0. The Morgan fingerprint density at radius 3 is 2.83 bits per heavy atom. The molecule has 0 fully saturated rings. The summed E-state index contributed by atoms with van der Waals surface area (Å²) in [5.74, 6) is 1.51. The molecule has 3 aromatic rings. The van der Waals surface area contributed by atoms with Crippen LogP contribution in [0.4, 0.5) is 11.6 Å². The summed E-state index contributed by atoms with van der Waals surface area (Å²) in [6, 6.07) is 13.7. The number of anilines is 2. The van der Waals surface area contributed by atoms with E-state index in [9.17, 15) is 0 Å². The summed E-state index contributed by atoms with van der Waals surface area (Å²) in [7, 11) is 0. The number of nitrogens with zero attached hydrogens (tertiary/aromatic N) is 3. The number of pyridine rings is 2. The van der Waals surface area contributed by atoms with Crippen molar-refractivity contribution >= 4 is 28.7 Å². The molecule has 0 aliphatic carbocycles. The molecule has 0 unspecified atom stereocenters. The Morgan fingerprint density at radius 2 is 2.08 bits per heavy atom. The molecule has 0 amide bonds. The van der Waals surface area contributed by atoms with E-state index in [1.165, 1.54) is 0 Å². The number of hydrogen-bond acceptors (Lipinski definition) is 6. The molecule has 0 atom stereocenters. The highest BCUT2D eigenvalue weighted by Crippen LogP contribution is 2.29. The summed E-state index contributed by atoms with van der Waals surface area (Å²) in [6.45, 7) is 3.99. The average Bonchev–Trinajstić information content (AvgIpc) is 3.06. The maximum Gasteiger partial charge on any atom is 0.132 e. The molecule has 3 aromatic heterocycles. The second-order valence-electron chi connectivity index (χ2n) is 5.32. The van der Waals surface area contributed by atoms with Crippen molar-refractivity contribution < 1.29 is 5.21 Å². The maximum absolute atomic E-state index is 9.05. The third-order valence-electron chi connectivity index (χ3n) is 3.52. The molecule has 3 rings (SSSR count). The lowest BCUT2D eigenvalue weighted by Crippen LogP contribution is -1.96. The van der Waals surface area contributed by atoms with E-state index in [4.69, 9.17) is 5.21 Å². The van der Waals surface area contributed by atoms with Crippen molar-refractivity contribution in [3.8, 4) is 10.6 Å². The van der Waals surface area contributed by atoms with Crippen LogP contribution in [0.15, 0.2) is 53.8 Å². The number of hydrogen-bond donors (Lipinski definition) is 2. The van der Waals surface area contributed by atoms with E-state index in [-0.39, 0.29) is 0 Å². The van der Waals surface area contributed by atoms with Crippen LogP contribution >= 0.6 is 11.3 Å². The molecule has 0 spiro atoms. The quantitative estimate of drug-likeness (QED) is 0.396. The van der Waals surface area contributed by atoms with Gasteiger partial charge in [0.2, 0.25) is 0 Å². The lowest BCUT2D eigenvalue weighted by Gasteiger charge is -2.06. The van der Waals surface area contributed by atoms with Crippen LogP contribution in [0.3, 0.4) is 0 Å². The Kier molecular flexibility index (Phi) is 4.86. The highest BCUT2D eigenvalue weighted by molar-refractivity contribution is 7.17. The molecular weight excluding hydrogens is 320 g/mol. The van der Waals surface area contributed by atoms with Crippen LogP contribution in [-0.2, 0) is 0 Å². The van der Waals surface area contributed by atoms with Crippen LogP contribution < -0.4 is 5.32 Å². The second kappa shape index (κ2) is 7.23. The van der Waals surface area contributed by atoms with Crippen LogP contribution in [0.2, 0.25) is 0 Å².